The first-order valence-corrected chi connectivity index (χ1v) is 12.3. The fraction of sp³-hybridized carbons (Fsp3) is 0.474. The lowest BCUT2D eigenvalue weighted by Gasteiger charge is -2.35. The lowest BCUT2D eigenvalue weighted by Crippen LogP contribution is -2.49. The third-order valence-electron chi connectivity index (χ3n) is 5.67. The maximum atomic E-state index is 13.2. The molecule has 2 aromatic heterocycles. The lowest BCUT2D eigenvalue weighted by atomic mass is 10.3. The average molecular weight is 446 g/mol. The van der Waals surface area contributed by atoms with Gasteiger partial charge in [0.25, 0.3) is 0 Å². The van der Waals surface area contributed by atoms with Crippen LogP contribution in [0.3, 0.4) is 0 Å². The zero-order valence-electron chi connectivity index (χ0n) is 16.7. The lowest BCUT2D eigenvalue weighted by molar-refractivity contribution is 0.384. The minimum atomic E-state index is -3.62. The molecule has 2 saturated heterocycles. The molecular formula is C19H23N7O2S2. The summed E-state index contributed by atoms with van der Waals surface area (Å²) in [6, 6.07) is 7.15. The third-order valence-corrected chi connectivity index (χ3v) is 8.14. The van der Waals surface area contributed by atoms with Gasteiger partial charge >= 0.3 is 0 Å². The molecule has 2 aliphatic rings. The van der Waals surface area contributed by atoms with Crippen LogP contribution in [0.4, 0.5) is 11.6 Å². The Morgan fingerprint density at radius 2 is 1.57 bits per heavy atom. The molecule has 2 aliphatic heterocycles. The van der Waals surface area contributed by atoms with Gasteiger partial charge in [0.15, 0.2) is 0 Å². The number of benzene rings is 1. The Kier molecular flexibility index (Phi) is 5.03. The van der Waals surface area contributed by atoms with Crippen LogP contribution in [-0.2, 0) is 10.0 Å². The number of hydrogen-bond donors (Lipinski definition) is 0. The topological polar surface area (TPSA) is 95.4 Å². The highest BCUT2D eigenvalue weighted by atomic mass is 32.2. The maximum absolute atomic E-state index is 13.2. The number of hydrogen-bond acceptors (Lipinski definition) is 9. The van der Waals surface area contributed by atoms with Gasteiger partial charge in [0.2, 0.25) is 10.0 Å². The van der Waals surface area contributed by atoms with E-state index in [-0.39, 0.29) is 4.90 Å². The van der Waals surface area contributed by atoms with Crippen LogP contribution in [0.5, 0.6) is 0 Å². The second-order valence-corrected chi connectivity index (χ2v) is 10.0. The highest BCUT2D eigenvalue weighted by Crippen LogP contribution is 2.27. The molecule has 9 nitrogen and oxygen atoms in total. The zero-order chi connectivity index (χ0) is 20.7. The van der Waals surface area contributed by atoms with Gasteiger partial charge < -0.3 is 9.80 Å². The van der Waals surface area contributed by atoms with E-state index in [1.54, 1.807) is 18.2 Å². The Hall–Kier alpha value is -2.37. The number of aromatic nitrogens is 4. The van der Waals surface area contributed by atoms with Crippen LogP contribution >= 0.6 is 11.7 Å². The van der Waals surface area contributed by atoms with Crippen molar-refractivity contribution in [3.63, 3.8) is 0 Å². The molecule has 0 saturated carbocycles. The van der Waals surface area contributed by atoms with Crippen molar-refractivity contribution in [1.29, 1.82) is 0 Å². The third kappa shape index (κ3) is 3.50. The fourth-order valence-electron chi connectivity index (χ4n) is 4.09. The molecule has 3 aromatic rings. The van der Waals surface area contributed by atoms with Crippen molar-refractivity contribution in [1.82, 2.24) is 23.0 Å². The highest BCUT2D eigenvalue weighted by Gasteiger charge is 2.31. The summed E-state index contributed by atoms with van der Waals surface area (Å²) >= 11 is 1.03. The van der Waals surface area contributed by atoms with Crippen LogP contribution in [0, 0.1) is 6.92 Å². The van der Waals surface area contributed by atoms with E-state index in [0.717, 1.165) is 42.3 Å². The molecular weight excluding hydrogens is 422 g/mol. The maximum Gasteiger partial charge on any atom is 0.245 e. The van der Waals surface area contributed by atoms with Crippen LogP contribution < -0.4 is 9.80 Å². The van der Waals surface area contributed by atoms with Gasteiger partial charge in [0, 0.05) is 45.3 Å². The number of anilines is 2. The minimum absolute atomic E-state index is 0.233. The van der Waals surface area contributed by atoms with Gasteiger partial charge in [0.05, 0.1) is 11.7 Å². The number of rotatable bonds is 4. The van der Waals surface area contributed by atoms with Crippen molar-refractivity contribution in [2.45, 2.75) is 24.7 Å². The summed E-state index contributed by atoms with van der Waals surface area (Å²) in [6.45, 7) is 5.93. The molecule has 0 amide bonds. The molecule has 1 aromatic carbocycles. The van der Waals surface area contributed by atoms with Crippen molar-refractivity contribution in [3.05, 3.63) is 30.1 Å². The van der Waals surface area contributed by atoms with Gasteiger partial charge in [0.1, 0.15) is 33.4 Å². The van der Waals surface area contributed by atoms with Crippen molar-refractivity contribution < 1.29 is 8.42 Å². The molecule has 5 rings (SSSR count). The number of nitrogens with zero attached hydrogens (tertiary/aromatic N) is 7. The first kappa shape index (κ1) is 19.6. The summed E-state index contributed by atoms with van der Waals surface area (Å²) in [5.74, 6) is 2.58. The Morgan fingerprint density at radius 1 is 0.900 bits per heavy atom. The smallest absolute Gasteiger partial charge is 0.245 e. The fourth-order valence-corrected chi connectivity index (χ4v) is 6.27. The summed E-state index contributed by atoms with van der Waals surface area (Å²) in [5.41, 5.74) is 1.07. The van der Waals surface area contributed by atoms with E-state index in [1.165, 1.54) is 17.1 Å². The molecule has 0 bridgehead atoms. The van der Waals surface area contributed by atoms with Crippen molar-refractivity contribution in [2.75, 3.05) is 49.1 Å². The van der Waals surface area contributed by atoms with E-state index in [9.17, 15) is 8.42 Å². The predicted molar refractivity (Wildman–Crippen MR) is 117 cm³/mol. The highest BCUT2D eigenvalue weighted by molar-refractivity contribution is 7.89. The van der Waals surface area contributed by atoms with Crippen molar-refractivity contribution in [2.24, 2.45) is 0 Å². The van der Waals surface area contributed by atoms with Gasteiger partial charge in [-0.15, -0.1) is 0 Å². The molecule has 4 heterocycles. The summed E-state index contributed by atoms with van der Waals surface area (Å²) in [7, 11) is -3.62. The predicted octanol–water partition coefficient (Wildman–Crippen LogP) is 1.90. The summed E-state index contributed by atoms with van der Waals surface area (Å²) in [6.07, 6.45) is 2.38. The van der Waals surface area contributed by atoms with Crippen LogP contribution in [0.1, 0.15) is 18.7 Å². The minimum Gasteiger partial charge on any atom is -0.356 e. The molecule has 0 radical (unpaired) electrons. The van der Waals surface area contributed by atoms with E-state index in [1.807, 2.05) is 13.0 Å². The van der Waals surface area contributed by atoms with Gasteiger partial charge in [-0.05, 0) is 31.9 Å². The second kappa shape index (κ2) is 7.71. The zero-order valence-corrected chi connectivity index (χ0v) is 18.4. The van der Waals surface area contributed by atoms with Crippen molar-refractivity contribution in [3.8, 4) is 0 Å². The van der Waals surface area contributed by atoms with Crippen LogP contribution in [0.15, 0.2) is 29.2 Å². The van der Waals surface area contributed by atoms with Gasteiger partial charge in [-0.2, -0.15) is 13.1 Å². The van der Waals surface area contributed by atoms with E-state index in [4.69, 9.17) is 0 Å². The summed E-state index contributed by atoms with van der Waals surface area (Å²) in [4.78, 5) is 13.9. The molecule has 0 aliphatic carbocycles. The first-order valence-electron chi connectivity index (χ1n) is 10.1. The Bertz CT molecular complexity index is 1170. The molecule has 0 atom stereocenters. The molecule has 30 heavy (non-hydrogen) atoms. The molecule has 0 spiro atoms. The van der Waals surface area contributed by atoms with Gasteiger partial charge in [-0.1, -0.05) is 6.07 Å². The standard InChI is InChI=1S/C19H23N7O2S2/c1-14-20-17(24-7-2-3-8-24)13-18(21-14)25-9-11-26(12-10-25)30(27,28)16-6-4-5-15-19(16)23-29-22-15/h4-6,13H,2-3,7-12H2,1H3. The quantitative estimate of drug-likeness (QED) is 0.601. The Labute approximate surface area is 179 Å². The second-order valence-electron chi connectivity index (χ2n) is 7.60. The Morgan fingerprint density at radius 3 is 2.27 bits per heavy atom. The number of aryl methyl sites for hydroxylation is 1. The number of sulfonamides is 1. The van der Waals surface area contributed by atoms with Crippen LogP contribution in [0.25, 0.3) is 11.0 Å². The monoisotopic (exact) mass is 445 g/mol. The summed E-state index contributed by atoms with van der Waals surface area (Å²) in [5, 5.41) is 0. The van der Waals surface area contributed by atoms with Gasteiger partial charge in [-0.25, -0.2) is 18.4 Å². The average Bonchev–Trinajstić information content (AvgIpc) is 3.45. The molecule has 0 unspecified atom stereocenters. The Balaban J connectivity index is 1.35. The van der Waals surface area contributed by atoms with E-state index < -0.39 is 10.0 Å². The normalized spacial score (nSPS) is 18.4. The van der Waals surface area contributed by atoms with Crippen LogP contribution in [0.2, 0.25) is 0 Å². The van der Waals surface area contributed by atoms with Crippen LogP contribution in [-0.4, -0.2) is 70.7 Å². The SMILES string of the molecule is Cc1nc(N2CCCC2)cc(N2CCN(S(=O)(=O)c3cccc4nsnc34)CC2)n1. The van der Waals surface area contributed by atoms with E-state index in [0.29, 0.717) is 37.2 Å². The number of fused-ring (bicyclic) bond motifs is 1. The van der Waals surface area contributed by atoms with Gasteiger partial charge in [-0.3, -0.25) is 0 Å². The van der Waals surface area contributed by atoms with Crippen molar-refractivity contribution >= 4 is 44.4 Å². The summed E-state index contributed by atoms with van der Waals surface area (Å²) < 4.78 is 36.4. The molecule has 158 valence electrons. The van der Waals surface area contributed by atoms with E-state index in [2.05, 4.69) is 28.5 Å². The first-order chi connectivity index (χ1) is 14.5. The number of piperazine rings is 1. The largest absolute Gasteiger partial charge is 0.356 e. The van der Waals surface area contributed by atoms with E-state index >= 15 is 0 Å². The molecule has 11 heteroatoms. The molecule has 0 N–H and O–H groups in total. The molecule has 2 fully saturated rings.